The van der Waals surface area contributed by atoms with E-state index in [9.17, 15) is 12.8 Å². The highest BCUT2D eigenvalue weighted by Crippen LogP contribution is 2.18. The summed E-state index contributed by atoms with van der Waals surface area (Å²) in [6.45, 7) is 0.321. The fourth-order valence-corrected chi connectivity index (χ4v) is 2.65. The van der Waals surface area contributed by atoms with Crippen molar-refractivity contribution in [2.24, 2.45) is 0 Å². The molecule has 0 fully saturated rings. The number of hydrogen-bond donors (Lipinski definition) is 3. The van der Waals surface area contributed by atoms with Crippen molar-refractivity contribution in [3.05, 3.63) is 24.0 Å². The van der Waals surface area contributed by atoms with E-state index >= 15 is 0 Å². The number of nitrogens with one attached hydrogen (secondary N) is 1. The maximum Gasteiger partial charge on any atom is 0.242 e. The molecule has 0 atom stereocenters. The van der Waals surface area contributed by atoms with E-state index in [1.807, 2.05) is 0 Å². The minimum absolute atomic E-state index is 0.0132. The second-order valence-corrected chi connectivity index (χ2v) is 5.60. The second-order valence-electron chi connectivity index (χ2n) is 3.86. The quantitative estimate of drug-likeness (QED) is 0.508. The SMILES string of the molecule is Nc1ccc(F)cc1S(=O)(=O)NCCCCCO. The monoisotopic (exact) mass is 276 g/mol. The predicted octanol–water partition coefficient (Wildman–Crippen LogP) is 0.849. The van der Waals surface area contributed by atoms with Gasteiger partial charge in [0.25, 0.3) is 0 Å². The molecule has 1 rings (SSSR count). The average molecular weight is 276 g/mol. The minimum atomic E-state index is -3.78. The van der Waals surface area contributed by atoms with E-state index in [-0.39, 0.29) is 23.7 Å². The van der Waals surface area contributed by atoms with Gasteiger partial charge in [0.2, 0.25) is 10.0 Å². The normalized spacial score (nSPS) is 11.7. The van der Waals surface area contributed by atoms with Gasteiger partial charge in [0.05, 0.1) is 5.69 Å². The number of rotatable bonds is 7. The molecule has 102 valence electrons. The van der Waals surface area contributed by atoms with Gasteiger partial charge in [-0.15, -0.1) is 0 Å². The fourth-order valence-electron chi connectivity index (χ4n) is 1.44. The number of nitrogen functional groups attached to an aromatic ring is 1. The van der Waals surface area contributed by atoms with E-state index in [1.165, 1.54) is 6.07 Å². The number of aliphatic hydroxyl groups is 1. The van der Waals surface area contributed by atoms with Gasteiger partial charge >= 0.3 is 0 Å². The molecule has 0 heterocycles. The fraction of sp³-hybridized carbons (Fsp3) is 0.455. The van der Waals surface area contributed by atoms with E-state index < -0.39 is 15.8 Å². The van der Waals surface area contributed by atoms with Crippen LogP contribution in [0.1, 0.15) is 19.3 Å². The topological polar surface area (TPSA) is 92.4 Å². The molecule has 0 saturated carbocycles. The summed E-state index contributed by atoms with van der Waals surface area (Å²) in [5, 5.41) is 8.57. The molecule has 4 N–H and O–H groups in total. The van der Waals surface area contributed by atoms with Crippen molar-refractivity contribution in [3.8, 4) is 0 Å². The molecule has 1 aromatic rings. The van der Waals surface area contributed by atoms with Crippen LogP contribution in [0.2, 0.25) is 0 Å². The van der Waals surface area contributed by atoms with Gasteiger partial charge in [-0.05, 0) is 37.5 Å². The molecule has 0 bridgehead atoms. The van der Waals surface area contributed by atoms with Crippen molar-refractivity contribution in [1.29, 1.82) is 0 Å². The molecule has 0 aromatic heterocycles. The van der Waals surface area contributed by atoms with Crippen LogP contribution in [-0.4, -0.2) is 26.7 Å². The van der Waals surface area contributed by atoms with Gasteiger partial charge in [0.15, 0.2) is 0 Å². The van der Waals surface area contributed by atoms with Gasteiger partial charge in [-0.25, -0.2) is 17.5 Å². The molecular formula is C11H17FN2O3S. The molecule has 5 nitrogen and oxygen atoms in total. The Balaban J connectivity index is 2.66. The number of anilines is 1. The predicted molar refractivity (Wildman–Crippen MR) is 66.9 cm³/mol. The van der Waals surface area contributed by atoms with Crippen molar-refractivity contribution < 1.29 is 17.9 Å². The van der Waals surface area contributed by atoms with Crippen LogP contribution in [0.5, 0.6) is 0 Å². The number of hydrogen-bond acceptors (Lipinski definition) is 4. The second kappa shape index (κ2) is 6.67. The van der Waals surface area contributed by atoms with Gasteiger partial charge in [-0.1, -0.05) is 0 Å². The first-order valence-corrected chi connectivity index (χ1v) is 7.11. The zero-order valence-corrected chi connectivity index (χ0v) is 10.7. The molecule has 0 aliphatic heterocycles. The third kappa shape index (κ3) is 4.25. The van der Waals surface area contributed by atoms with E-state index in [2.05, 4.69) is 4.72 Å². The molecule has 0 aliphatic rings. The first-order valence-electron chi connectivity index (χ1n) is 5.63. The molecule has 0 radical (unpaired) electrons. The highest BCUT2D eigenvalue weighted by molar-refractivity contribution is 7.89. The molecule has 7 heteroatoms. The Kier molecular flexibility index (Phi) is 5.52. The summed E-state index contributed by atoms with van der Waals surface area (Å²) in [7, 11) is -3.78. The molecule has 0 amide bonds. The third-order valence-corrected chi connectivity index (χ3v) is 3.91. The van der Waals surface area contributed by atoms with Crippen LogP contribution in [0.15, 0.2) is 23.1 Å². The van der Waals surface area contributed by atoms with Gasteiger partial charge in [-0.2, -0.15) is 0 Å². The van der Waals surface area contributed by atoms with Crippen molar-refractivity contribution in [3.63, 3.8) is 0 Å². The van der Waals surface area contributed by atoms with E-state index in [1.54, 1.807) is 0 Å². The highest BCUT2D eigenvalue weighted by atomic mass is 32.2. The smallest absolute Gasteiger partial charge is 0.242 e. The number of unbranched alkanes of at least 4 members (excludes halogenated alkanes) is 2. The first-order chi connectivity index (χ1) is 8.47. The number of benzene rings is 1. The van der Waals surface area contributed by atoms with E-state index in [0.29, 0.717) is 12.8 Å². The average Bonchev–Trinajstić information content (AvgIpc) is 2.32. The van der Waals surface area contributed by atoms with Crippen molar-refractivity contribution in [1.82, 2.24) is 4.72 Å². The standard InChI is InChI=1S/C11H17FN2O3S/c12-9-4-5-10(13)11(8-9)18(16,17)14-6-2-1-3-7-15/h4-5,8,14-15H,1-3,6-7,13H2. The van der Waals surface area contributed by atoms with Gasteiger partial charge in [0, 0.05) is 13.2 Å². The van der Waals surface area contributed by atoms with Crippen LogP contribution in [0.3, 0.4) is 0 Å². The van der Waals surface area contributed by atoms with Crippen LogP contribution in [0.25, 0.3) is 0 Å². The van der Waals surface area contributed by atoms with Gasteiger partial charge < -0.3 is 10.8 Å². The molecule has 18 heavy (non-hydrogen) atoms. The molecular weight excluding hydrogens is 259 g/mol. The molecule has 1 aromatic carbocycles. The molecule has 0 aliphatic carbocycles. The molecule has 0 spiro atoms. The Bertz CT molecular complexity index is 491. The Morgan fingerprint density at radius 2 is 2.00 bits per heavy atom. The lowest BCUT2D eigenvalue weighted by molar-refractivity contribution is 0.283. The number of halogens is 1. The summed E-state index contributed by atoms with van der Waals surface area (Å²) < 4.78 is 39.0. The lowest BCUT2D eigenvalue weighted by Gasteiger charge is -2.08. The number of aliphatic hydroxyl groups excluding tert-OH is 1. The number of sulfonamides is 1. The Morgan fingerprint density at radius 3 is 2.67 bits per heavy atom. The summed E-state index contributed by atoms with van der Waals surface area (Å²) in [4.78, 5) is -0.246. The maximum absolute atomic E-state index is 13.0. The number of nitrogens with two attached hydrogens (primary N) is 1. The van der Waals surface area contributed by atoms with Crippen LogP contribution in [0, 0.1) is 5.82 Å². The van der Waals surface area contributed by atoms with Crippen LogP contribution in [0.4, 0.5) is 10.1 Å². The van der Waals surface area contributed by atoms with Crippen LogP contribution < -0.4 is 10.5 Å². The summed E-state index contributed by atoms with van der Waals surface area (Å²) >= 11 is 0. The molecule has 0 unspecified atom stereocenters. The Morgan fingerprint density at radius 1 is 1.28 bits per heavy atom. The zero-order valence-electron chi connectivity index (χ0n) is 9.89. The van der Waals surface area contributed by atoms with Crippen molar-refractivity contribution >= 4 is 15.7 Å². The van der Waals surface area contributed by atoms with Gasteiger partial charge in [0.1, 0.15) is 10.7 Å². The lowest BCUT2D eigenvalue weighted by Crippen LogP contribution is -2.25. The zero-order chi connectivity index (χ0) is 13.6. The molecule has 0 saturated heterocycles. The van der Waals surface area contributed by atoms with E-state index in [0.717, 1.165) is 18.6 Å². The van der Waals surface area contributed by atoms with Crippen LogP contribution >= 0.6 is 0 Å². The van der Waals surface area contributed by atoms with E-state index in [4.69, 9.17) is 10.8 Å². The maximum atomic E-state index is 13.0. The summed E-state index contributed by atoms with van der Waals surface area (Å²) in [6, 6.07) is 3.22. The largest absolute Gasteiger partial charge is 0.398 e. The Labute approximate surface area is 106 Å². The summed E-state index contributed by atoms with van der Waals surface area (Å²) in [5.74, 6) is -0.648. The van der Waals surface area contributed by atoms with Crippen molar-refractivity contribution in [2.75, 3.05) is 18.9 Å². The summed E-state index contributed by atoms with van der Waals surface area (Å²) in [5.41, 5.74) is 5.52. The highest BCUT2D eigenvalue weighted by Gasteiger charge is 2.17. The first kappa shape index (κ1) is 14.9. The van der Waals surface area contributed by atoms with Crippen molar-refractivity contribution in [2.45, 2.75) is 24.2 Å². The Hall–Kier alpha value is -1.18. The minimum Gasteiger partial charge on any atom is -0.398 e. The lowest BCUT2D eigenvalue weighted by atomic mass is 10.2. The third-order valence-electron chi connectivity index (χ3n) is 2.39. The summed E-state index contributed by atoms with van der Waals surface area (Å²) in [6.07, 6.45) is 1.95. The van der Waals surface area contributed by atoms with Gasteiger partial charge in [-0.3, -0.25) is 0 Å². The van der Waals surface area contributed by atoms with Crippen LogP contribution in [-0.2, 0) is 10.0 Å².